The number of rotatable bonds is 3. The van der Waals surface area contributed by atoms with E-state index in [-0.39, 0.29) is 5.92 Å². The van der Waals surface area contributed by atoms with Gasteiger partial charge in [0.1, 0.15) is 0 Å². The van der Waals surface area contributed by atoms with Crippen molar-refractivity contribution >= 4 is 0 Å². The van der Waals surface area contributed by atoms with Gasteiger partial charge in [-0.25, -0.2) is 0 Å². The van der Waals surface area contributed by atoms with E-state index in [1.54, 1.807) is 0 Å². The van der Waals surface area contributed by atoms with Crippen LogP contribution < -0.4 is 5.32 Å². The Morgan fingerprint density at radius 3 is 2.61 bits per heavy atom. The summed E-state index contributed by atoms with van der Waals surface area (Å²) in [6, 6.07) is 6.21. The van der Waals surface area contributed by atoms with Gasteiger partial charge in [-0.05, 0) is 36.9 Å². The highest BCUT2D eigenvalue weighted by Gasteiger charge is 2.40. The number of halogens is 3. The average Bonchev–Trinajstić information content (AvgIpc) is 2.28. The Kier molecular flexibility index (Phi) is 3.66. The van der Waals surface area contributed by atoms with E-state index in [0.717, 1.165) is 24.5 Å². The van der Waals surface area contributed by atoms with E-state index >= 15 is 0 Å². The SMILES string of the molecule is CCC1C(NC)CC1c1cccc(C(F)(F)F)c1. The molecule has 18 heavy (non-hydrogen) atoms. The second kappa shape index (κ2) is 4.92. The third-order valence-electron chi connectivity index (χ3n) is 4.03. The zero-order chi connectivity index (χ0) is 13.3. The van der Waals surface area contributed by atoms with Crippen LogP contribution in [0.25, 0.3) is 0 Å². The van der Waals surface area contributed by atoms with Crippen molar-refractivity contribution in [2.75, 3.05) is 7.05 Å². The Balaban J connectivity index is 2.20. The summed E-state index contributed by atoms with van der Waals surface area (Å²) in [4.78, 5) is 0. The molecule has 1 saturated carbocycles. The van der Waals surface area contributed by atoms with E-state index < -0.39 is 11.7 Å². The quantitative estimate of drug-likeness (QED) is 0.868. The number of hydrogen-bond donors (Lipinski definition) is 1. The molecule has 1 fully saturated rings. The highest BCUT2D eigenvalue weighted by molar-refractivity contribution is 5.31. The van der Waals surface area contributed by atoms with Gasteiger partial charge < -0.3 is 5.32 Å². The Hall–Kier alpha value is -1.03. The van der Waals surface area contributed by atoms with Gasteiger partial charge in [0.15, 0.2) is 0 Å². The first-order valence-corrected chi connectivity index (χ1v) is 6.31. The molecule has 1 aromatic rings. The summed E-state index contributed by atoms with van der Waals surface area (Å²) >= 11 is 0. The summed E-state index contributed by atoms with van der Waals surface area (Å²) in [6.45, 7) is 2.09. The molecule has 0 bridgehead atoms. The lowest BCUT2D eigenvalue weighted by Gasteiger charge is -2.45. The lowest BCUT2D eigenvalue weighted by atomic mass is 9.65. The number of hydrogen-bond acceptors (Lipinski definition) is 1. The van der Waals surface area contributed by atoms with Crippen LogP contribution in [0.4, 0.5) is 13.2 Å². The molecule has 1 N–H and O–H groups in total. The summed E-state index contributed by atoms with van der Waals surface area (Å²) in [7, 11) is 1.91. The van der Waals surface area contributed by atoms with Crippen molar-refractivity contribution in [1.82, 2.24) is 5.32 Å². The van der Waals surface area contributed by atoms with Crippen molar-refractivity contribution in [2.24, 2.45) is 5.92 Å². The maximum absolute atomic E-state index is 12.7. The molecular weight excluding hydrogens is 239 g/mol. The molecule has 4 heteroatoms. The van der Waals surface area contributed by atoms with Gasteiger partial charge in [-0.2, -0.15) is 13.2 Å². The summed E-state index contributed by atoms with van der Waals surface area (Å²) in [5.41, 5.74) is 0.283. The molecule has 1 nitrogen and oxygen atoms in total. The predicted octanol–water partition coefficient (Wildman–Crippen LogP) is 3.81. The smallest absolute Gasteiger partial charge is 0.317 e. The zero-order valence-corrected chi connectivity index (χ0v) is 10.6. The van der Waals surface area contributed by atoms with E-state index in [9.17, 15) is 13.2 Å². The molecule has 1 aliphatic carbocycles. The van der Waals surface area contributed by atoms with Gasteiger partial charge in [0.05, 0.1) is 5.56 Å². The fourth-order valence-electron chi connectivity index (χ4n) is 2.94. The van der Waals surface area contributed by atoms with Crippen LogP contribution in [-0.4, -0.2) is 13.1 Å². The van der Waals surface area contributed by atoms with Crippen LogP contribution in [0, 0.1) is 5.92 Å². The van der Waals surface area contributed by atoms with Crippen molar-refractivity contribution in [3.63, 3.8) is 0 Å². The highest BCUT2D eigenvalue weighted by atomic mass is 19.4. The van der Waals surface area contributed by atoms with Gasteiger partial charge in [-0.15, -0.1) is 0 Å². The molecule has 1 aromatic carbocycles. The topological polar surface area (TPSA) is 12.0 Å². The van der Waals surface area contributed by atoms with Crippen LogP contribution >= 0.6 is 0 Å². The van der Waals surface area contributed by atoms with Crippen LogP contribution in [0.15, 0.2) is 24.3 Å². The number of nitrogens with one attached hydrogen (secondary N) is 1. The second-order valence-corrected chi connectivity index (χ2v) is 4.93. The summed E-state index contributed by atoms with van der Waals surface area (Å²) in [6.07, 6.45) is -2.33. The normalized spacial score (nSPS) is 27.9. The standard InChI is InChI=1S/C14H18F3N/c1-3-11-12(8-13(11)18-2)9-5-4-6-10(7-9)14(15,16)17/h4-7,11-13,18H,3,8H2,1-2H3. The summed E-state index contributed by atoms with van der Waals surface area (Å²) in [5.74, 6) is 0.702. The fraction of sp³-hybridized carbons (Fsp3) is 0.571. The Labute approximate surface area is 105 Å². The third kappa shape index (κ3) is 2.39. The zero-order valence-electron chi connectivity index (χ0n) is 10.6. The summed E-state index contributed by atoms with van der Waals surface area (Å²) in [5, 5.41) is 3.22. The van der Waals surface area contributed by atoms with E-state index in [1.165, 1.54) is 12.1 Å². The number of benzene rings is 1. The lowest BCUT2D eigenvalue weighted by molar-refractivity contribution is -0.137. The van der Waals surface area contributed by atoms with Crippen molar-refractivity contribution in [2.45, 2.75) is 37.9 Å². The molecule has 2 rings (SSSR count). The van der Waals surface area contributed by atoms with Gasteiger partial charge in [0.25, 0.3) is 0 Å². The molecule has 100 valence electrons. The van der Waals surface area contributed by atoms with E-state index in [0.29, 0.717) is 12.0 Å². The molecule has 0 radical (unpaired) electrons. The lowest BCUT2D eigenvalue weighted by Crippen LogP contribution is -2.47. The second-order valence-electron chi connectivity index (χ2n) is 4.93. The molecule has 0 saturated heterocycles. The van der Waals surface area contributed by atoms with E-state index in [1.807, 2.05) is 13.1 Å². The molecule has 1 aliphatic rings. The van der Waals surface area contributed by atoms with Crippen LogP contribution in [0.2, 0.25) is 0 Å². The van der Waals surface area contributed by atoms with E-state index in [4.69, 9.17) is 0 Å². The largest absolute Gasteiger partial charge is 0.416 e. The molecule has 3 atom stereocenters. The van der Waals surface area contributed by atoms with Crippen molar-refractivity contribution in [3.05, 3.63) is 35.4 Å². The predicted molar refractivity (Wildman–Crippen MR) is 65.4 cm³/mol. The maximum Gasteiger partial charge on any atom is 0.416 e. The maximum atomic E-state index is 12.7. The minimum absolute atomic E-state index is 0.259. The van der Waals surface area contributed by atoms with Crippen molar-refractivity contribution < 1.29 is 13.2 Å². The first kappa shape index (κ1) is 13.4. The Bertz CT molecular complexity index is 414. The molecule has 0 aliphatic heterocycles. The monoisotopic (exact) mass is 257 g/mol. The molecule has 0 heterocycles. The first-order valence-electron chi connectivity index (χ1n) is 6.31. The van der Waals surface area contributed by atoms with Crippen LogP contribution in [-0.2, 0) is 6.18 Å². The van der Waals surface area contributed by atoms with E-state index in [2.05, 4.69) is 12.2 Å². The average molecular weight is 257 g/mol. The van der Waals surface area contributed by atoms with Crippen LogP contribution in [0.5, 0.6) is 0 Å². The molecular formula is C14H18F3N. The van der Waals surface area contributed by atoms with Gasteiger partial charge in [-0.3, -0.25) is 0 Å². The van der Waals surface area contributed by atoms with Crippen molar-refractivity contribution in [3.8, 4) is 0 Å². The van der Waals surface area contributed by atoms with Gasteiger partial charge in [0, 0.05) is 6.04 Å². The molecule has 0 amide bonds. The van der Waals surface area contributed by atoms with Crippen LogP contribution in [0.3, 0.4) is 0 Å². The Morgan fingerprint density at radius 2 is 2.06 bits per heavy atom. The first-order chi connectivity index (χ1) is 8.47. The minimum Gasteiger partial charge on any atom is -0.317 e. The molecule has 0 spiro atoms. The van der Waals surface area contributed by atoms with Crippen LogP contribution in [0.1, 0.15) is 36.8 Å². The fourth-order valence-corrected chi connectivity index (χ4v) is 2.94. The highest BCUT2D eigenvalue weighted by Crippen LogP contribution is 2.45. The number of alkyl halides is 3. The molecule has 0 aromatic heterocycles. The third-order valence-corrected chi connectivity index (χ3v) is 4.03. The summed E-state index contributed by atoms with van der Waals surface area (Å²) < 4.78 is 38.0. The molecule has 3 unspecified atom stereocenters. The van der Waals surface area contributed by atoms with Gasteiger partial charge in [0.2, 0.25) is 0 Å². The Morgan fingerprint density at radius 1 is 1.33 bits per heavy atom. The van der Waals surface area contributed by atoms with Gasteiger partial charge >= 0.3 is 6.18 Å². The van der Waals surface area contributed by atoms with Gasteiger partial charge in [-0.1, -0.05) is 31.5 Å². The minimum atomic E-state index is -4.25. The van der Waals surface area contributed by atoms with Crippen molar-refractivity contribution in [1.29, 1.82) is 0 Å².